The van der Waals surface area contributed by atoms with Crippen LogP contribution in [0.15, 0.2) is 12.2 Å². The Kier molecular flexibility index (Phi) is 11.7. The molecule has 7 heteroatoms. The summed E-state index contributed by atoms with van der Waals surface area (Å²) in [6, 6.07) is -0.861. The zero-order valence-electron chi connectivity index (χ0n) is 23.1. The maximum absolute atomic E-state index is 13.2. The predicted molar refractivity (Wildman–Crippen MR) is 136 cm³/mol. The Morgan fingerprint density at radius 2 is 1.50 bits per heavy atom. The predicted octanol–water partition coefficient (Wildman–Crippen LogP) is 6.14. The van der Waals surface area contributed by atoms with Crippen molar-refractivity contribution in [3.63, 3.8) is 0 Å². The standard InChI is InChI=1S/C25H51NO5Si/c1-15-16-20(31-32(13,14)25(10,11)12)22(27)21(19(6)29-18(4)5)26(17(2)3)23(28)30-24(7,8)9/h15-22,27H,1-14H3/b16-15+/t19-,20-,21-,22+/m0/s1. The molecule has 0 heterocycles. The van der Waals surface area contributed by atoms with E-state index < -0.39 is 44.4 Å². The molecule has 190 valence electrons. The van der Waals surface area contributed by atoms with Crippen molar-refractivity contribution in [2.45, 2.75) is 143 Å². The molecule has 0 aliphatic rings. The summed E-state index contributed by atoms with van der Waals surface area (Å²) in [6.07, 6.45) is 1.23. The molecule has 0 aliphatic heterocycles. The molecule has 0 aromatic heterocycles. The van der Waals surface area contributed by atoms with Gasteiger partial charge in [0, 0.05) is 6.04 Å². The van der Waals surface area contributed by atoms with E-state index in [1.54, 1.807) is 4.90 Å². The molecular weight excluding hydrogens is 422 g/mol. The first-order valence-electron chi connectivity index (χ1n) is 11.9. The number of nitrogens with zero attached hydrogens (tertiary/aromatic N) is 1. The fourth-order valence-corrected chi connectivity index (χ4v) is 4.55. The van der Waals surface area contributed by atoms with Gasteiger partial charge in [-0.1, -0.05) is 32.9 Å². The van der Waals surface area contributed by atoms with Crippen LogP contribution in [0.3, 0.4) is 0 Å². The highest BCUT2D eigenvalue weighted by molar-refractivity contribution is 6.74. The summed E-state index contributed by atoms with van der Waals surface area (Å²) in [4.78, 5) is 14.9. The topological polar surface area (TPSA) is 68.2 Å². The van der Waals surface area contributed by atoms with Crippen LogP contribution in [0, 0.1) is 0 Å². The molecule has 0 saturated heterocycles. The van der Waals surface area contributed by atoms with Gasteiger partial charge in [-0.15, -0.1) is 0 Å². The third-order valence-corrected chi connectivity index (χ3v) is 10.2. The quantitative estimate of drug-likeness (QED) is 0.305. The smallest absolute Gasteiger partial charge is 0.410 e. The molecule has 0 radical (unpaired) electrons. The summed E-state index contributed by atoms with van der Waals surface area (Å²) in [5.74, 6) is 0. The summed E-state index contributed by atoms with van der Waals surface area (Å²) < 4.78 is 18.4. The molecule has 0 bridgehead atoms. The van der Waals surface area contributed by atoms with Gasteiger partial charge >= 0.3 is 6.09 Å². The first-order chi connectivity index (χ1) is 14.2. The Labute approximate surface area is 198 Å². The van der Waals surface area contributed by atoms with Crippen LogP contribution in [0.2, 0.25) is 18.1 Å². The third kappa shape index (κ3) is 9.54. The zero-order valence-corrected chi connectivity index (χ0v) is 24.1. The Morgan fingerprint density at radius 3 is 1.84 bits per heavy atom. The van der Waals surface area contributed by atoms with Crippen molar-refractivity contribution in [1.82, 2.24) is 4.90 Å². The second-order valence-corrected chi connectivity index (χ2v) is 16.5. The van der Waals surface area contributed by atoms with Crippen molar-refractivity contribution in [1.29, 1.82) is 0 Å². The van der Waals surface area contributed by atoms with E-state index in [9.17, 15) is 9.90 Å². The molecule has 1 amide bonds. The van der Waals surface area contributed by atoms with Crippen LogP contribution in [0.4, 0.5) is 4.79 Å². The summed E-state index contributed by atoms with van der Waals surface area (Å²) in [6.45, 7) is 27.9. The summed E-state index contributed by atoms with van der Waals surface area (Å²) >= 11 is 0. The SMILES string of the molecule is C/C=C/[C@H](O[Si](C)(C)C(C)(C)C)[C@@H](O)[C@H]([C@H](C)OC(C)C)N(C(=O)OC(C)(C)C)C(C)C. The van der Waals surface area contributed by atoms with Crippen LogP contribution in [0.25, 0.3) is 0 Å². The molecule has 32 heavy (non-hydrogen) atoms. The van der Waals surface area contributed by atoms with Crippen LogP contribution in [0.1, 0.15) is 83.1 Å². The van der Waals surface area contributed by atoms with Gasteiger partial charge in [-0.05, 0) is 80.4 Å². The van der Waals surface area contributed by atoms with Crippen molar-refractivity contribution in [2.75, 3.05) is 0 Å². The third-order valence-electron chi connectivity index (χ3n) is 5.76. The highest BCUT2D eigenvalue weighted by atomic mass is 28.4. The van der Waals surface area contributed by atoms with Crippen LogP contribution >= 0.6 is 0 Å². The monoisotopic (exact) mass is 473 g/mol. The molecule has 1 N–H and O–H groups in total. The molecule has 0 aliphatic carbocycles. The lowest BCUT2D eigenvalue weighted by atomic mass is 9.97. The summed E-state index contributed by atoms with van der Waals surface area (Å²) in [5.41, 5.74) is -0.651. The first kappa shape index (κ1) is 31.1. The fourth-order valence-electron chi connectivity index (χ4n) is 3.29. The van der Waals surface area contributed by atoms with Gasteiger partial charge in [-0.25, -0.2) is 4.79 Å². The van der Waals surface area contributed by atoms with E-state index in [4.69, 9.17) is 13.9 Å². The van der Waals surface area contributed by atoms with E-state index in [1.165, 1.54) is 0 Å². The zero-order chi connectivity index (χ0) is 25.7. The van der Waals surface area contributed by atoms with Crippen LogP contribution in [-0.4, -0.2) is 66.5 Å². The average molecular weight is 474 g/mol. The molecule has 0 saturated carbocycles. The number of amides is 1. The minimum Gasteiger partial charge on any atom is -0.444 e. The van der Waals surface area contributed by atoms with Crippen LogP contribution in [-0.2, 0) is 13.9 Å². The minimum absolute atomic E-state index is 0.0228. The summed E-state index contributed by atoms with van der Waals surface area (Å²) in [5, 5.41) is 11.7. The fraction of sp³-hybridized carbons (Fsp3) is 0.880. The lowest BCUT2D eigenvalue weighted by molar-refractivity contribution is -0.103. The molecule has 0 aromatic rings. The normalized spacial score (nSPS) is 17.5. The van der Waals surface area contributed by atoms with Gasteiger partial charge in [-0.3, -0.25) is 4.90 Å². The van der Waals surface area contributed by atoms with Crippen molar-refractivity contribution >= 4 is 14.4 Å². The van der Waals surface area contributed by atoms with Crippen molar-refractivity contribution in [3.05, 3.63) is 12.2 Å². The van der Waals surface area contributed by atoms with E-state index in [-0.39, 0.29) is 17.2 Å². The molecule has 0 aromatic carbocycles. The van der Waals surface area contributed by atoms with Crippen LogP contribution < -0.4 is 0 Å². The van der Waals surface area contributed by atoms with Crippen molar-refractivity contribution in [3.8, 4) is 0 Å². The number of carbonyl (C=O) groups is 1. The lowest BCUT2D eigenvalue weighted by Crippen LogP contribution is -2.61. The number of carbonyl (C=O) groups excluding carboxylic acids is 1. The van der Waals surface area contributed by atoms with E-state index in [0.29, 0.717) is 0 Å². The second-order valence-electron chi connectivity index (χ2n) is 11.7. The number of allylic oxidation sites excluding steroid dienone is 1. The van der Waals surface area contributed by atoms with E-state index >= 15 is 0 Å². The Morgan fingerprint density at radius 1 is 1.00 bits per heavy atom. The maximum Gasteiger partial charge on any atom is 0.410 e. The number of hydrogen-bond acceptors (Lipinski definition) is 5. The molecule has 0 unspecified atom stereocenters. The van der Waals surface area contributed by atoms with Gasteiger partial charge in [0.25, 0.3) is 0 Å². The second kappa shape index (κ2) is 12.0. The van der Waals surface area contributed by atoms with E-state index in [2.05, 4.69) is 33.9 Å². The molecule has 6 nitrogen and oxygen atoms in total. The van der Waals surface area contributed by atoms with E-state index in [1.807, 2.05) is 74.5 Å². The Bertz CT molecular complexity index is 604. The molecule has 0 rings (SSSR count). The van der Waals surface area contributed by atoms with Gasteiger partial charge in [0.2, 0.25) is 0 Å². The van der Waals surface area contributed by atoms with Gasteiger partial charge in [0.1, 0.15) is 11.7 Å². The average Bonchev–Trinajstić information content (AvgIpc) is 2.54. The number of ether oxygens (including phenoxy) is 2. The molecule has 4 atom stereocenters. The number of rotatable bonds is 10. The highest BCUT2D eigenvalue weighted by Crippen LogP contribution is 2.38. The number of hydrogen-bond donors (Lipinski definition) is 1. The lowest BCUT2D eigenvalue weighted by Gasteiger charge is -2.45. The Hall–Kier alpha value is -0.893. The summed E-state index contributed by atoms with van der Waals surface area (Å²) in [7, 11) is -2.19. The van der Waals surface area contributed by atoms with Crippen molar-refractivity contribution in [2.24, 2.45) is 0 Å². The molecule has 0 fully saturated rings. The minimum atomic E-state index is -2.19. The highest BCUT2D eigenvalue weighted by Gasteiger charge is 2.45. The van der Waals surface area contributed by atoms with E-state index in [0.717, 1.165) is 0 Å². The van der Waals surface area contributed by atoms with Crippen LogP contribution in [0.5, 0.6) is 0 Å². The largest absolute Gasteiger partial charge is 0.444 e. The van der Waals surface area contributed by atoms with Gasteiger partial charge in [0.05, 0.1) is 24.4 Å². The van der Waals surface area contributed by atoms with Crippen molar-refractivity contribution < 1.29 is 23.8 Å². The number of aliphatic hydroxyl groups is 1. The number of aliphatic hydroxyl groups excluding tert-OH is 1. The molecule has 0 spiro atoms. The van der Waals surface area contributed by atoms with Gasteiger partial charge < -0.3 is 19.0 Å². The van der Waals surface area contributed by atoms with Gasteiger partial charge in [-0.2, -0.15) is 0 Å². The Balaban J connectivity index is 6.37. The molecular formula is C25H51NO5Si. The van der Waals surface area contributed by atoms with Gasteiger partial charge in [0.15, 0.2) is 8.32 Å². The maximum atomic E-state index is 13.2. The first-order valence-corrected chi connectivity index (χ1v) is 14.8.